The number of aliphatic hydroxyl groups excluding tert-OH is 1. The molecule has 0 aliphatic carbocycles. The van der Waals surface area contributed by atoms with Crippen LogP contribution in [0.2, 0.25) is 10.0 Å². The van der Waals surface area contributed by atoms with Crippen molar-refractivity contribution < 1.29 is 5.11 Å². The van der Waals surface area contributed by atoms with E-state index in [-0.39, 0.29) is 5.92 Å². The van der Waals surface area contributed by atoms with Gasteiger partial charge in [-0.2, -0.15) is 0 Å². The van der Waals surface area contributed by atoms with Crippen molar-refractivity contribution in [3.63, 3.8) is 0 Å². The van der Waals surface area contributed by atoms with Crippen LogP contribution in [0, 0.1) is 5.92 Å². The highest BCUT2D eigenvalue weighted by atomic mass is 35.5. The zero-order valence-corrected chi connectivity index (χ0v) is 13.8. The first-order chi connectivity index (χ1) is 10.0. The average molecular weight is 323 g/mol. The highest BCUT2D eigenvalue weighted by Gasteiger charge is 2.28. The second kappa shape index (κ2) is 7.31. The van der Waals surface area contributed by atoms with Crippen LogP contribution < -0.4 is 0 Å². The first kappa shape index (κ1) is 16.4. The van der Waals surface area contributed by atoms with E-state index >= 15 is 0 Å². The molecule has 3 atom stereocenters. The van der Waals surface area contributed by atoms with Gasteiger partial charge in [-0.3, -0.25) is 0 Å². The molecule has 0 radical (unpaired) electrons. The van der Waals surface area contributed by atoms with Crippen LogP contribution in [0.3, 0.4) is 0 Å². The van der Waals surface area contributed by atoms with Gasteiger partial charge in [-0.1, -0.05) is 79.9 Å². The van der Waals surface area contributed by atoms with E-state index in [1.54, 1.807) is 12.1 Å². The lowest BCUT2D eigenvalue weighted by molar-refractivity contribution is 0.118. The summed E-state index contributed by atoms with van der Waals surface area (Å²) in [5.41, 5.74) is 1.86. The summed E-state index contributed by atoms with van der Waals surface area (Å²) in [7, 11) is 0. The Labute approximate surface area is 136 Å². The Bertz CT molecular complexity index is 583. The third-order valence-electron chi connectivity index (χ3n) is 4.06. The maximum Gasteiger partial charge on any atom is 0.0875 e. The molecule has 0 saturated heterocycles. The van der Waals surface area contributed by atoms with Crippen molar-refractivity contribution in [1.82, 2.24) is 0 Å². The zero-order chi connectivity index (χ0) is 15.4. The molecular weight excluding hydrogens is 303 g/mol. The quantitative estimate of drug-likeness (QED) is 0.731. The minimum atomic E-state index is -0.646. The maximum atomic E-state index is 10.9. The van der Waals surface area contributed by atoms with Crippen LogP contribution in [-0.2, 0) is 0 Å². The lowest BCUT2D eigenvalue weighted by atomic mass is 9.79. The molecule has 2 rings (SSSR count). The fourth-order valence-electron chi connectivity index (χ4n) is 2.69. The molecule has 1 nitrogen and oxygen atoms in total. The van der Waals surface area contributed by atoms with Crippen LogP contribution in [-0.4, -0.2) is 5.11 Å². The van der Waals surface area contributed by atoms with Gasteiger partial charge in [0, 0.05) is 16.0 Å². The summed E-state index contributed by atoms with van der Waals surface area (Å²) in [6, 6.07) is 15.4. The first-order valence-corrected chi connectivity index (χ1v) is 7.98. The SMILES string of the molecule is CCC(C)C(c1ccccc1)C(O)c1ccc(Cl)cc1Cl. The van der Waals surface area contributed by atoms with E-state index < -0.39 is 6.10 Å². The van der Waals surface area contributed by atoms with E-state index in [0.717, 1.165) is 17.5 Å². The Morgan fingerprint density at radius 1 is 1.05 bits per heavy atom. The first-order valence-electron chi connectivity index (χ1n) is 7.22. The minimum Gasteiger partial charge on any atom is -0.388 e. The molecule has 0 aromatic heterocycles. The van der Waals surface area contributed by atoms with E-state index in [1.165, 1.54) is 0 Å². The van der Waals surface area contributed by atoms with Gasteiger partial charge in [-0.05, 0) is 29.2 Å². The summed E-state index contributed by atoms with van der Waals surface area (Å²) in [6.45, 7) is 4.29. The van der Waals surface area contributed by atoms with Crippen LogP contribution in [0.1, 0.15) is 43.4 Å². The van der Waals surface area contributed by atoms with Gasteiger partial charge in [-0.25, -0.2) is 0 Å². The summed E-state index contributed by atoms with van der Waals surface area (Å²) in [6.07, 6.45) is 0.342. The van der Waals surface area contributed by atoms with Crippen LogP contribution >= 0.6 is 23.2 Å². The Morgan fingerprint density at radius 2 is 1.71 bits per heavy atom. The molecule has 0 amide bonds. The molecule has 0 saturated carbocycles. The van der Waals surface area contributed by atoms with Gasteiger partial charge >= 0.3 is 0 Å². The normalized spacial score (nSPS) is 15.5. The topological polar surface area (TPSA) is 20.2 Å². The van der Waals surface area contributed by atoms with Gasteiger partial charge in [0.2, 0.25) is 0 Å². The Hall–Kier alpha value is -1.02. The van der Waals surface area contributed by atoms with E-state index in [2.05, 4.69) is 26.0 Å². The Balaban J connectivity index is 2.41. The van der Waals surface area contributed by atoms with E-state index in [1.807, 2.05) is 24.3 Å². The molecule has 21 heavy (non-hydrogen) atoms. The van der Waals surface area contributed by atoms with Gasteiger partial charge in [0.25, 0.3) is 0 Å². The predicted octanol–water partition coefficient (Wildman–Crippen LogP) is 5.86. The Kier molecular flexibility index (Phi) is 5.69. The molecular formula is C18H20Cl2O. The molecule has 3 unspecified atom stereocenters. The van der Waals surface area contributed by atoms with Crippen molar-refractivity contribution in [3.8, 4) is 0 Å². The van der Waals surface area contributed by atoms with Gasteiger partial charge in [-0.15, -0.1) is 0 Å². The molecule has 0 heterocycles. The van der Waals surface area contributed by atoms with E-state index in [9.17, 15) is 5.11 Å². The van der Waals surface area contributed by atoms with Crippen LogP contribution in [0.25, 0.3) is 0 Å². The smallest absolute Gasteiger partial charge is 0.0875 e. The zero-order valence-electron chi connectivity index (χ0n) is 12.3. The number of hydrogen-bond donors (Lipinski definition) is 1. The molecule has 0 spiro atoms. The van der Waals surface area contributed by atoms with Gasteiger partial charge in [0.15, 0.2) is 0 Å². The molecule has 0 aliphatic rings. The van der Waals surface area contributed by atoms with Crippen LogP contribution in [0.5, 0.6) is 0 Å². The predicted molar refractivity (Wildman–Crippen MR) is 90.1 cm³/mol. The molecule has 2 aromatic carbocycles. The van der Waals surface area contributed by atoms with Gasteiger partial charge in [0.1, 0.15) is 0 Å². The molecule has 1 N–H and O–H groups in total. The van der Waals surface area contributed by atoms with Crippen molar-refractivity contribution >= 4 is 23.2 Å². The van der Waals surface area contributed by atoms with Crippen LogP contribution in [0.15, 0.2) is 48.5 Å². The van der Waals surface area contributed by atoms with Crippen molar-refractivity contribution in [1.29, 1.82) is 0 Å². The standard InChI is InChI=1S/C18H20Cl2O/c1-3-12(2)17(13-7-5-4-6-8-13)18(21)15-10-9-14(19)11-16(15)20/h4-12,17-18,21H,3H2,1-2H3. The fourth-order valence-corrected chi connectivity index (χ4v) is 3.21. The average Bonchev–Trinajstić information content (AvgIpc) is 2.48. The highest BCUT2D eigenvalue weighted by Crippen LogP contribution is 2.40. The second-order valence-electron chi connectivity index (χ2n) is 5.43. The summed E-state index contributed by atoms with van der Waals surface area (Å²) in [5.74, 6) is 0.351. The minimum absolute atomic E-state index is 0.00914. The summed E-state index contributed by atoms with van der Waals surface area (Å²) < 4.78 is 0. The number of halogens is 2. The lowest BCUT2D eigenvalue weighted by Crippen LogP contribution is -2.18. The number of rotatable bonds is 5. The largest absolute Gasteiger partial charge is 0.388 e. The number of hydrogen-bond acceptors (Lipinski definition) is 1. The van der Waals surface area contributed by atoms with Crippen LogP contribution in [0.4, 0.5) is 0 Å². The molecule has 0 fully saturated rings. The molecule has 112 valence electrons. The summed E-state index contributed by atoms with van der Waals surface area (Å²) >= 11 is 12.2. The molecule has 3 heteroatoms. The summed E-state index contributed by atoms with van der Waals surface area (Å²) in [4.78, 5) is 0. The van der Waals surface area contributed by atoms with Gasteiger partial charge in [0.05, 0.1) is 6.10 Å². The van der Waals surface area contributed by atoms with Crippen molar-refractivity contribution in [3.05, 3.63) is 69.7 Å². The number of benzene rings is 2. The fraction of sp³-hybridized carbons (Fsp3) is 0.333. The van der Waals surface area contributed by atoms with E-state index in [4.69, 9.17) is 23.2 Å². The molecule has 0 aliphatic heterocycles. The lowest BCUT2D eigenvalue weighted by Gasteiger charge is -2.29. The molecule has 0 bridgehead atoms. The van der Waals surface area contributed by atoms with Crippen molar-refractivity contribution in [2.24, 2.45) is 5.92 Å². The second-order valence-corrected chi connectivity index (χ2v) is 6.28. The Morgan fingerprint density at radius 3 is 2.29 bits per heavy atom. The van der Waals surface area contributed by atoms with E-state index in [0.29, 0.717) is 16.0 Å². The highest BCUT2D eigenvalue weighted by molar-refractivity contribution is 6.35. The maximum absolute atomic E-state index is 10.9. The van der Waals surface area contributed by atoms with Gasteiger partial charge < -0.3 is 5.11 Å². The van der Waals surface area contributed by atoms with Crippen molar-refractivity contribution in [2.75, 3.05) is 0 Å². The monoisotopic (exact) mass is 322 g/mol. The third-order valence-corrected chi connectivity index (χ3v) is 4.63. The molecule has 2 aromatic rings. The van der Waals surface area contributed by atoms with Crippen molar-refractivity contribution in [2.45, 2.75) is 32.3 Å². The summed E-state index contributed by atoms with van der Waals surface area (Å²) in [5, 5.41) is 12.0. The number of aliphatic hydroxyl groups is 1. The third kappa shape index (κ3) is 3.79.